The van der Waals surface area contributed by atoms with Crippen LogP contribution in [0.25, 0.3) is 0 Å². The molecular formula is C21H24BrClN4O4. The van der Waals surface area contributed by atoms with Crippen LogP contribution < -0.4 is 5.32 Å². The zero-order chi connectivity index (χ0) is 22.8. The van der Waals surface area contributed by atoms with Crippen LogP contribution in [-0.2, 0) is 4.74 Å². The minimum Gasteiger partial charge on any atom is -0.444 e. The Bertz CT molecular complexity index is 988. The first kappa shape index (κ1) is 23.3. The Morgan fingerprint density at radius 1 is 1.29 bits per heavy atom. The Labute approximate surface area is 194 Å². The lowest BCUT2D eigenvalue weighted by Crippen LogP contribution is -2.41. The molecule has 1 aliphatic heterocycles. The highest BCUT2D eigenvalue weighted by Gasteiger charge is 2.28. The molecule has 3 rings (SSSR count). The van der Waals surface area contributed by atoms with Crippen molar-refractivity contribution in [2.24, 2.45) is 0 Å². The second-order valence-corrected chi connectivity index (χ2v) is 9.58. The first-order valence-electron chi connectivity index (χ1n) is 9.89. The fourth-order valence-electron chi connectivity index (χ4n) is 3.44. The fourth-order valence-corrected chi connectivity index (χ4v) is 4.08. The molecule has 1 amide bonds. The average molecular weight is 512 g/mol. The van der Waals surface area contributed by atoms with Crippen molar-refractivity contribution in [2.45, 2.75) is 45.1 Å². The molecule has 1 aromatic heterocycles. The topological polar surface area (TPSA) is 97.6 Å². The molecule has 0 atom stereocenters. The van der Waals surface area contributed by atoms with Crippen LogP contribution in [0.3, 0.4) is 0 Å². The summed E-state index contributed by atoms with van der Waals surface area (Å²) in [5.41, 5.74) is 0.956. The van der Waals surface area contributed by atoms with Crippen LogP contribution >= 0.6 is 27.5 Å². The molecule has 0 spiro atoms. The van der Waals surface area contributed by atoms with Crippen LogP contribution in [0.2, 0.25) is 5.02 Å². The minimum absolute atomic E-state index is 0.127. The molecule has 1 aromatic carbocycles. The molecule has 8 nitrogen and oxygen atoms in total. The number of nitro groups is 1. The number of piperidine rings is 1. The lowest BCUT2D eigenvalue weighted by Gasteiger charge is -2.34. The first-order valence-corrected chi connectivity index (χ1v) is 11.1. The molecule has 0 bridgehead atoms. The summed E-state index contributed by atoms with van der Waals surface area (Å²) in [5, 5.41) is 14.8. The van der Waals surface area contributed by atoms with Gasteiger partial charge in [-0.25, -0.2) is 9.78 Å². The summed E-state index contributed by atoms with van der Waals surface area (Å²) in [5.74, 6) is 0.354. The van der Waals surface area contributed by atoms with E-state index in [9.17, 15) is 14.9 Å². The standard InChI is InChI=1S/C21H24BrClN4O4/c1-21(2,3)31-20(28)26-10-8-13(9-11-26)15-5-4-14(12-16(15)23)24-19-17(27(29)30)6-7-18(22)25-19/h4-7,12-13H,8-11H2,1-3H3,(H,24,25). The number of nitrogens with zero attached hydrogens (tertiary/aromatic N) is 3. The van der Waals surface area contributed by atoms with Crippen LogP contribution in [0.4, 0.5) is 22.0 Å². The Morgan fingerprint density at radius 3 is 2.55 bits per heavy atom. The maximum absolute atomic E-state index is 12.3. The van der Waals surface area contributed by atoms with E-state index in [2.05, 4.69) is 26.2 Å². The SMILES string of the molecule is CC(C)(C)OC(=O)N1CCC(c2ccc(Nc3nc(Br)ccc3[N+](=O)[O-])cc2Cl)CC1. The van der Waals surface area contributed by atoms with Crippen LogP contribution in [-0.4, -0.2) is 39.6 Å². The number of carbonyl (C=O) groups excluding carboxylic acids is 1. The lowest BCUT2D eigenvalue weighted by molar-refractivity contribution is -0.384. The van der Waals surface area contributed by atoms with E-state index in [4.69, 9.17) is 16.3 Å². The van der Waals surface area contributed by atoms with Gasteiger partial charge in [-0.15, -0.1) is 0 Å². The van der Waals surface area contributed by atoms with E-state index in [0.717, 1.165) is 18.4 Å². The van der Waals surface area contributed by atoms with Crippen molar-refractivity contribution in [1.82, 2.24) is 9.88 Å². The summed E-state index contributed by atoms with van der Waals surface area (Å²) in [6.07, 6.45) is 1.27. The summed E-state index contributed by atoms with van der Waals surface area (Å²) in [4.78, 5) is 28.9. The molecule has 2 heterocycles. The molecule has 0 radical (unpaired) electrons. The number of anilines is 2. The van der Waals surface area contributed by atoms with Gasteiger partial charge in [-0.05, 0) is 79.2 Å². The molecule has 1 N–H and O–H groups in total. The molecular weight excluding hydrogens is 488 g/mol. The summed E-state index contributed by atoms with van der Waals surface area (Å²) >= 11 is 9.77. The predicted molar refractivity (Wildman–Crippen MR) is 123 cm³/mol. The average Bonchev–Trinajstić information content (AvgIpc) is 2.67. The highest BCUT2D eigenvalue weighted by molar-refractivity contribution is 9.10. The van der Waals surface area contributed by atoms with Crippen LogP contribution in [0.15, 0.2) is 34.9 Å². The Morgan fingerprint density at radius 2 is 1.97 bits per heavy atom. The fraction of sp³-hybridized carbons (Fsp3) is 0.429. The summed E-state index contributed by atoms with van der Waals surface area (Å²) < 4.78 is 5.93. The number of rotatable bonds is 4. The van der Waals surface area contributed by atoms with E-state index in [1.165, 1.54) is 12.1 Å². The number of amides is 1. The Balaban J connectivity index is 1.68. The smallest absolute Gasteiger partial charge is 0.410 e. The number of pyridine rings is 1. The van der Waals surface area contributed by atoms with Gasteiger partial charge < -0.3 is 15.0 Å². The van der Waals surface area contributed by atoms with Crippen molar-refractivity contribution in [3.8, 4) is 0 Å². The number of hydrogen-bond donors (Lipinski definition) is 1. The predicted octanol–water partition coefficient (Wildman–Crippen LogP) is 6.26. The van der Waals surface area contributed by atoms with Gasteiger partial charge in [0.1, 0.15) is 10.2 Å². The maximum Gasteiger partial charge on any atom is 0.410 e. The van der Waals surface area contributed by atoms with E-state index in [-0.39, 0.29) is 23.5 Å². The number of hydrogen-bond acceptors (Lipinski definition) is 6. The molecule has 166 valence electrons. The number of carbonyl (C=O) groups is 1. The van der Waals surface area contributed by atoms with Crippen LogP contribution in [0.1, 0.15) is 45.1 Å². The van der Waals surface area contributed by atoms with Crippen molar-refractivity contribution < 1.29 is 14.5 Å². The largest absolute Gasteiger partial charge is 0.444 e. The third-order valence-electron chi connectivity index (χ3n) is 4.89. The number of aromatic nitrogens is 1. The van der Waals surface area contributed by atoms with Crippen LogP contribution in [0, 0.1) is 10.1 Å². The molecule has 0 saturated carbocycles. The summed E-state index contributed by atoms with van der Waals surface area (Å²) in [6, 6.07) is 8.39. The minimum atomic E-state index is -0.516. The van der Waals surface area contributed by atoms with Crippen LogP contribution in [0.5, 0.6) is 0 Å². The zero-order valence-electron chi connectivity index (χ0n) is 17.5. The van der Waals surface area contributed by atoms with Crippen molar-refractivity contribution >= 4 is 50.8 Å². The van der Waals surface area contributed by atoms with Gasteiger partial charge in [0, 0.05) is 29.9 Å². The quantitative estimate of drug-likeness (QED) is 0.295. The third-order valence-corrected chi connectivity index (χ3v) is 5.66. The van der Waals surface area contributed by atoms with Crippen molar-refractivity contribution in [2.75, 3.05) is 18.4 Å². The van der Waals surface area contributed by atoms with Gasteiger partial charge in [0.2, 0.25) is 5.82 Å². The number of halogens is 2. The van der Waals surface area contributed by atoms with Gasteiger partial charge in [0.15, 0.2) is 0 Å². The number of nitrogens with one attached hydrogen (secondary N) is 1. The van der Waals surface area contributed by atoms with Gasteiger partial charge in [0.05, 0.1) is 4.92 Å². The van der Waals surface area contributed by atoms with Gasteiger partial charge in [-0.3, -0.25) is 10.1 Å². The molecule has 0 aliphatic carbocycles. The number of likely N-dealkylation sites (tertiary alicyclic amines) is 1. The maximum atomic E-state index is 12.3. The van der Waals surface area contributed by atoms with Gasteiger partial charge in [-0.1, -0.05) is 17.7 Å². The van der Waals surface area contributed by atoms with Crippen molar-refractivity contribution in [3.05, 3.63) is 55.6 Å². The molecule has 1 saturated heterocycles. The van der Waals surface area contributed by atoms with Gasteiger partial charge in [0.25, 0.3) is 0 Å². The summed E-state index contributed by atoms with van der Waals surface area (Å²) in [6.45, 7) is 6.76. The first-order chi connectivity index (χ1) is 14.5. The van der Waals surface area contributed by atoms with Crippen molar-refractivity contribution in [3.63, 3.8) is 0 Å². The van der Waals surface area contributed by atoms with E-state index in [1.807, 2.05) is 32.9 Å². The van der Waals surface area contributed by atoms with Crippen molar-refractivity contribution in [1.29, 1.82) is 0 Å². The molecule has 1 fully saturated rings. The Kier molecular flexibility index (Phi) is 7.06. The number of ether oxygens (including phenoxy) is 1. The van der Waals surface area contributed by atoms with E-state index < -0.39 is 10.5 Å². The normalized spacial score (nSPS) is 14.9. The molecule has 1 aliphatic rings. The monoisotopic (exact) mass is 510 g/mol. The van der Waals surface area contributed by atoms with E-state index in [0.29, 0.717) is 28.4 Å². The zero-order valence-corrected chi connectivity index (χ0v) is 19.9. The van der Waals surface area contributed by atoms with Gasteiger partial charge >= 0.3 is 11.8 Å². The van der Waals surface area contributed by atoms with E-state index in [1.54, 1.807) is 11.0 Å². The second-order valence-electron chi connectivity index (χ2n) is 8.36. The molecule has 31 heavy (non-hydrogen) atoms. The molecule has 10 heteroatoms. The number of benzene rings is 1. The highest BCUT2D eigenvalue weighted by Crippen LogP contribution is 2.36. The second kappa shape index (κ2) is 9.40. The third kappa shape index (κ3) is 6.07. The highest BCUT2D eigenvalue weighted by atomic mass is 79.9. The van der Waals surface area contributed by atoms with Gasteiger partial charge in [-0.2, -0.15) is 0 Å². The molecule has 2 aromatic rings. The Hall–Kier alpha value is -2.39. The molecule has 0 unspecified atom stereocenters. The van der Waals surface area contributed by atoms with E-state index >= 15 is 0 Å². The summed E-state index contributed by atoms with van der Waals surface area (Å²) in [7, 11) is 0. The lowest BCUT2D eigenvalue weighted by atomic mass is 9.89.